The summed E-state index contributed by atoms with van der Waals surface area (Å²) < 4.78 is 16.5. The van der Waals surface area contributed by atoms with Gasteiger partial charge in [0.2, 0.25) is 0 Å². The van der Waals surface area contributed by atoms with Gasteiger partial charge in [-0.05, 0) is 72.1 Å². The summed E-state index contributed by atoms with van der Waals surface area (Å²) in [7, 11) is 1.54. The fourth-order valence-corrected chi connectivity index (χ4v) is 4.23. The lowest BCUT2D eigenvalue weighted by Crippen LogP contribution is -2.34. The van der Waals surface area contributed by atoms with E-state index in [1.54, 1.807) is 14.0 Å². The third kappa shape index (κ3) is 5.96. The Morgan fingerprint density at radius 1 is 1.09 bits per heavy atom. The molecule has 0 bridgehead atoms. The molecular formula is C28H34O7. The molecule has 1 aliphatic rings. The molecule has 0 fully saturated rings. The van der Waals surface area contributed by atoms with Crippen molar-refractivity contribution in [1.82, 2.24) is 0 Å². The minimum Gasteiger partial charge on any atom is -0.507 e. The van der Waals surface area contributed by atoms with Crippen molar-refractivity contribution in [3.63, 3.8) is 0 Å². The fraction of sp³-hybridized carbons (Fsp3) is 0.464. The highest BCUT2D eigenvalue weighted by Crippen LogP contribution is 2.48. The summed E-state index contributed by atoms with van der Waals surface area (Å²) in [6, 6.07) is 7.97. The van der Waals surface area contributed by atoms with Gasteiger partial charge in [-0.25, -0.2) is 4.79 Å². The number of carbonyl (C=O) groups is 1. The molecule has 7 nitrogen and oxygen atoms in total. The topological polar surface area (TPSA) is 105 Å². The van der Waals surface area contributed by atoms with E-state index in [9.17, 15) is 15.0 Å². The Morgan fingerprint density at radius 2 is 1.71 bits per heavy atom. The Hall–Kier alpha value is -3.05. The standard InChI is InChI=1S/C28H34O7/c1-17(33-6)34-16-35-25-15-22-21(27(2,3)11-12-28(22,4)5)14-20(25)23(29)10-8-18-7-9-19(26(31)32)24(30)13-18/h7,9,13-15,17,23,29-30H,11-12,16H2,1-6H3,(H,31,32). The lowest BCUT2D eigenvalue weighted by Gasteiger charge is -2.42. The van der Waals surface area contributed by atoms with Crippen LogP contribution < -0.4 is 4.74 Å². The van der Waals surface area contributed by atoms with Gasteiger partial charge in [-0.2, -0.15) is 0 Å². The molecule has 2 aromatic carbocycles. The zero-order chi connectivity index (χ0) is 26.0. The zero-order valence-corrected chi connectivity index (χ0v) is 21.1. The number of phenols is 1. The van der Waals surface area contributed by atoms with Crippen molar-refractivity contribution in [2.24, 2.45) is 0 Å². The first-order chi connectivity index (χ1) is 16.4. The summed E-state index contributed by atoms with van der Waals surface area (Å²) in [6.07, 6.45) is 0.411. The highest BCUT2D eigenvalue weighted by Gasteiger charge is 2.38. The summed E-state index contributed by atoms with van der Waals surface area (Å²) in [5, 5.41) is 30.1. The fourth-order valence-electron chi connectivity index (χ4n) is 4.23. The molecular weight excluding hydrogens is 448 g/mol. The monoisotopic (exact) mass is 482 g/mol. The number of methoxy groups -OCH3 is 1. The van der Waals surface area contributed by atoms with Gasteiger partial charge in [0, 0.05) is 18.2 Å². The van der Waals surface area contributed by atoms with Crippen LogP contribution in [0.3, 0.4) is 0 Å². The number of benzene rings is 2. The van der Waals surface area contributed by atoms with Crippen molar-refractivity contribution in [2.75, 3.05) is 13.9 Å². The Kier molecular flexibility index (Phi) is 7.80. The molecule has 0 heterocycles. The zero-order valence-electron chi connectivity index (χ0n) is 21.1. The molecule has 2 atom stereocenters. The Balaban J connectivity index is 2.01. The molecule has 0 aromatic heterocycles. The number of hydrogen-bond acceptors (Lipinski definition) is 6. The Morgan fingerprint density at radius 3 is 2.29 bits per heavy atom. The van der Waals surface area contributed by atoms with Crippen molar-refractivity contribution in [3.8, 4) is 23.3 Å². The van der Waals surface area contributed by atoms with Crippen LogP contribution in [-0.4, -0.2) is 41.5 Å². The third-order valence-electron chi connectivity index (χ3n) is 6.71. The molecule has 35 heavy (non-hydrogen) atoms. The van der Waals surface area contributed by atoms with E-state index in [0.29, 0.717) is 16.9 Å². The first kappa shape index (κ1) is 26.6. The SMILES string of the molecule is COC(C)OCOc1cc2c(cc1C(O)C#Cc1ccc(C(=O)O)c(O)c1)C(C)(C)CCC2(C)C. The number of aromatic hydroxyl groups is 1. The molecule has 0 saturated carbocycles. The molecule has 0 aliphatic heterocycles. The number of carboxylic acid groups (broad SMARTS) is 1. The van der Waals surface area contributed by atoms with Crippen LogP contribution in [0.25, 0.3) is 0 Å². The van der Waals surface area contributed by atoms with Crippen LogP contribution >= 0.6 is 0 Å². The number of fused-ring (bicyclic) bond motifs is 1. The number of ether oxygens (including phenoxy) is 3. The number of aliphatic hydroxyl groups excluding tert-OH is 1. The van der Waals surface area contributed by atoms with Gasteiger partial charge in [0.25, 0.3) is 0 Å². The number of hydrogen-bond donors (Lipinski definition) is 3. The number of carboxylic acids is 1. The lowest BCUT2D eigenvalue weighted by molar-refractivity contribution is -0.149. The maximum atomic E-state index is 11.1. The van der Waals surface area contributed by atoms with E-state index in [-0.39, 0.29) is 28.9 Å². The number of rotatable bonds is 7. The van der Waals surface area contributed by atoms with E-state index in [2.05, 4.69) is 39.5 Å². The van der Waals surface area contributed by atoms with E-state index in [1.165, 1.54) is 23.8 Å². The first-order valence-corrected chi connectivity index (χ1v) is 11.6. The van der Waals surface area contributed by atoms with Gasteiger partial charge in [-0.1, -0.05) is 39.5 Å². The van der Waals surface area contributed by atoms with Crippen LogP contribution in [0.2, 0.25) is 0 Å². The summed E-state index contributed by atoms with van der Waals surface area (Å²) in [5.74, 6) is 4.48. The average molecular weight is 483 g/mol. The molecule has 7 heteroatoms. The smallest absolute Gasteiger partial charge is 0.339 e. The average Bonchev–Trinajstić information content (AvgIpc) is 2.80. The van der Waals surface area contributed by atoms with Crippen molar-refractivity contribution in [1.29, 1.82) is 0 Å². The second-order valence-electron chi connectivity index (χ2n) is 10.1. The molecule has 0 spiro atoms. The molecule has 0 radical (unpaired) electrons. The van der Waals surface area contributed by atoms with E-state index < -0.39 is 18.4 Å². The van der Waals surface area contributed by atoms with E-state index in [1.807, 2.05) is 12.1 Å². The van der Waals surface area contributed by atoms with E-state index in [4.69, 9.17) is 19.3 Å². The van der Waals surface area contributed by atoms with Crippen LogP contribution in [0.5, 0.6) is 11.5 Å². The van der Waals surface area contributed by atoms with Gasteiger partial charge in [0.1, 0.15) is 23.2 Å². The summed E-state index contributed by atoms with van der Waals surface area (Å²) >= 11 is 0. The van der Waals surface area contributed by atoms with Gasteiger partial charge >= 0.3 is 5.97 Å². The lowest BCUT2D eigenvalue weighted by atomic mass is 9.62. The minimum atomic E-state index is -1.23. The second kappa shape index (κ2) is 10.3. The molecule has 0 amide bonds. The molecule has 1 aliphatic carbocycles. The maximum absolute atomic E-state index is 11.1. The number of aliphatic hydroxyl groups is 1. The van der Waals surface area contributed by atoms with Crippen molar-refractivity contribution >= 4 is 5.97 Å². The molecule has 2 aromatic rings. The molecule has 2 unspecified atom stereocenters. The van der Waals surface area contributed by atoms with Crippen LogP contribution in [0.1, 0.15) is 86.2 Å². The van der Waals surface area contributed by atoms with Gasteiger partial charge < -0.3 is 29.5 Å². The Bertz CT molecular complexity index is 1150. The van der Waals surface area contributed by atoms with Crippen LogP contribution in [0.4, 0.5) is 0 Å². The summed E-state index contributed by atoms with van der Waals surface area (Å²) in [6.45, 7) is 10.5. The van der Waals surface area contributed by atoms with Crippen molar-refractivity contribution in [2.45, 2.75) is 70.7 Å². The van der Waals surface area contributed by atoms with E-state index in [0.717, 1.165) is 18.4 Å². The maximum Gasteiger partial charge on any atom is 0.339 e. The highest BCUT2D eigenvalue weighted by molar-refractivity contribution is 5.90. The minimum absolute atomic E-state index is 0.0534. The van der Waals surface area contributed by atoms with Gasteiger partial charge in [-0.3, -0.25) is 0 Å². The van der Waals surface area contributed by atoms with Gasteiger partial charge in [0.05, 0.1) is 0 Å². The number of aromatic carboxylic acids is 1. The quantitative estimate of drug-likeness (QED) is 0.382. The Labute approximate surface area is 206 Å². The van der Waals surface area contributed by atoms with Gasteiger partial charge in [-0.15, -0.1) is 0 Å². The van der Waals surface area contributed by atoms with E-state index >= 15 is 0 Å². The molecule has 188 valence electrons. The van der Waals surface area contributed by atoms with Crippen molar-refractivity contribution in [3.05, 3.63) is 58.1 Å². The predicted octanol–water partition coefficient (Wildman–Crippen LogP) is 4.87. The normalized spacial score (nSPS) is 17.5. The molecule has 3 rings (SSSR count). The van der Waals surface area contributed by atoms with Crippen LogP contribution in [0.15, 0.2) is 30.3 Å². The van der Waals surface area contributed by atoms with Gasteiger partial charge in [0.15, 0.2) is 13.1 Å². The highest BCUT2D eigenvalue weighted by atomic mass is 16.7. The second-order valence-corrected chi connectivity index (χ2v) is 10.1. The molecule has 3 N–H and O–H groups in total. The third-order valence-corrected chi connectivity index (χ3v) is 6.71. The summed E-state index contributed by atoms with van der Waals surface area (Å²) in [4.78, 5) is 11.1. The summed E-state index contributed by atoms with van der Waals surface area (Å²) in [5.41, 5.74) is 2.87. The van der Waals surface area contributed by atoms with Crippen molar-refractivity contribution < 1.29 is 34.3 Å². The predicted molar refractivity (Wildman–Crippen MR) is 132 cm³/mol. The van der Waals surface area contributed by atoms with Crippen LogP contribution in [-0.2, 0) is 20.3 Å². The first-order valence-electron chi connectivity index (χ1n) is 11.6. The largest absolute Gasteiger partial charge is 0.507 e. The molecule has 0 saturated heterocycles. The van der Waals surface area contributed by atoms with Crippen LogP contribution in [0, 0.1) is 11.8 Å².